The zero-order chi connectivity index (χ0) is 12.3. The monoisotopic (exact) mass is 234 g/mol. The molecule has 0 radical (unpaired) electrons. The predicted octanol–water partition coefficient (Wildman–Crippen LogP) is 2.85. The molecular formula is C13H14O4. The highest BCUT2D eigenvalue weighted by atomic mass is 16.5. The molecule has 0 aliphatic carbocycles. The molecule has 0 unspecified atom stereocenters. The molecule has 0 amide bonds. The van der Waals surface area contributed by atoms with Crippen molar-refractivity contribution < 1.29 is 19.1 Å². The Morgan fingerprint density at radius 3 is 3.00 bits per heavy atom. The third kappa shape index (κ3) is 2.58. The first-order valence-electron chi connectivity index (χ1n) is 5.46. The van der Waals surface area contributed by atoms with Gasteiger partial charge in [-0.2, -0.15) is 0 Å². The largest absolute Gasteiger partial charge is 0.493 e. The maximum absolute atomic E-state index is 10.4. The molecule has 2 aromatic rings. The summed E-state index contributed by atoms with van der Waals surface area (Å²) >= 11 is 0. The SMILES string of the molecule is COc1cc(CCCC(=O)O)cc2ccoc12. The van der Waals surface area contributed by atoms with Crippen molar-refractivity contribution in [3.8, 4) is 5.75 Å². The maximum atomic E-state index is 10.4. The van der Waals surface area contributed by atoms with Crippen LogP contribution in [-0.4, -0.2) is 18.2 Å². The quantitative estimate of drug-likeness (QED) is 0.864. The molecule has 0 aliphatic heterocycles. The molecule has 1 heterocycles. The summed E-state index contributed by atoms with van der Waals surface area (Å²) in [4.78, 5) is 10.4. The summed E-state index contributed by atoms with van der Waals surface area (Å²) in [6.07, 6.45) is 3.16. The Morgan fingerprint density at radius 1 is 1.47 bits per heavy atom. The Kier molecular flexibility index (Phi) is 3.32. The van der Waals surface area contributed by atoms with E-state index in [9.17, 15) is 4.79 Å². The number of ether oxygens (including phenoxy) is 1. The summed E-state index contributed by atoms with van der Waals surface area (Å²) in [5, 5.41) is 9.57. The molecule has 0 spiro atoms. The van der Waals surface area contributed by atoms with Gasteiger partial charge in [0.05, 0.1) is 13.4 Å². The molecule has 1 aromatic heterocycles. The van der Waals surface area contributed by atoms with Crippen molar-refractivity contribution in [2.24, 2.45) is 0 Å². The van der Waals surface area contributed by atoms with Gasteiger partial charge < -0.3 is 14.3 Å². The fourth-order valence-electron chi connectivity index (χ4n) is 1.85. The molecule has 0 bridgehead atoms. The standard InChI is InChI=1S/C13H14O4/c1-16-11-8-9(3-2-4-12(14)15)7-10-5-6-17-13(10)11/h5-8H,2-4H2,1H3,(H,14,15). The van der Waals surface area contributed by atoms with Gasteiger partial charge in [0.2, 0.25) is 0 Å². The van der Waals surface area contributed by atoms with Gasteiger partial charge in [-0.15, -0.1) is 0 Å². The van der Waals surface area contributed by atoms with E-state index in [0.29, 0.717) is 12.2 Å². The van der Waals surface area contributed by atoms with Crippen LogP contribution in [0.3, 0.4) is 0 Å². The lowest BCUT2D eigenvalue weighted by atomic mass is 10.1. The van der Waals surface area contributed by atoms with Gasteiger partial charge in [-0.05, 0) is 36.6 Å². The summed E-state index contributed by atoms with van der Waals surface area (Å²) in [7, 11) is 1.60. The number of carbonyl (C=O) groups is 1. The van der Waals surface area contributed by atoms with Gasteiger partial charge in [0.1, 0.15) is 0 Å². The average molecular weight is 234 g/mol. The molecule has 0 saturated heterocycles. The second-order valence-corrected chi connectivity index (χ2v) is 3.88. The van der Waals surface area contributed by atoms with Crippen molar-refractivity contribution in [2.45, 2.75) is 19.3 Å². The van der Waals surface area contributed by atoms with E-state index in [1.807, 2.05) is 18.2 Å². The van der Waals surface area contributed by atoms with E-state index >= 15 is 0 Å². The first-order valence-corrected chi connectivity index (χ1v) is 5.46. The molecule has 1 aromatic carbocycles. The van der Waals surface area contributed by atoms with Crippen LogP contribution in [0.5, 0.6) is 5.75 Å². The summed E-state index contributed by atoms with van der Waals surface area (Å²) in [5.74, 6) is -0.0702. The number of fused-ring (bicyclic) bond motifs is 1. The molecule has 2 rings (SSSR count). The molecule has 90 valence electrons. The normalized spacial score (nSPS) is 10.6. The lowest BCUT2D eigenvalue weighted by Crippen LogP contribution is -1.96. The number of rotatable bonds is 5. The zero-order valence-corrected chi connectivity index (χ0v) is 9.60. The summed E-state index contributed by atoms with van der Waals surface area (Å²) in [6, 6.07) is 5.77. The number of hydrogen-bond acceptors (Lipinski definition) is 3. The minimum Gasteiger partial charge on any atom is -0.493 e. The van der Waals surface area contributed by atoms with Crippen molar-refractivity contribution in [1.29, 1.82) is 0 Å². The Balaban J connectivity index is 2.19. The number of furan rings is 1. The molecule has 1 N–H and O–H groups in total. The van der Waals surface area contributed by atoms with E-state index in [4.69, 9.17) is 14.3 Å². The number of aliphatic carboxylic acids is 1. The number of carboxylic acids is 1. The molecule has 0 saturated carbocycles. The Hall–Kier alpha value is -1.97. The Morgan fingerprint density at radius 2 is 2.29 bits per heavy atom. The minimum atomic E-state index is -0.763. The highest BCUT2D eigenvalue weighted by Gasteiger charge is 2.07. The van der Waals surface area contributed by atoms with Crippen molar-refractivity contribution in [3.63, 3.8) is 0 Å². The minimum absolute atomic E-state index is 0.186. The van der Waals surface area contributed by atoms with Gasteiger partial charge in [0.25, 0.3) is 0 Å². The summed E-state index contributed by atoms with van der Waals surface area (Å²) in [5.41, 5.74) is 1.80. The smallest absolute Gasteiger partial charge is 0.303 e. The molecule has 4 heteroatoms. The van der Waals surface area contributed by atoms with Gasteiger partial charge in [-0.3, -0.25) is 4.79 Å². The predicted molar refractivity (Wildman–Crippen MR) is 63.3 cm³/mol. The first-order chi connectivity index (χ1) is 8.20. The van der Waals surface area contributed by atoms with E-state index in [1.165, 1.54) is 0 Å². The molecule has 0 atom stereocenters. The van der Waals surface area contributed by atoms with E-state index in [2.05, 4.69) is 0 Å². The van der Waals surface area contributed by atoms with Gasteiger partial charge in [-0.1, -0.05) is 0 Å². The van der Waals surface area contributed by atoms with Crippen LogP contribution in [-0.2, 0) is 11.2 Å². The second-order valence-electron chi connectivity index (χ2n) is 3.88. The molecule has 0 aliphatic rings. The number of benzene rings is 1. The fraction of sp³-hybridized carbons (Fsp3) is 0.308. The van der Waals surface area contributed by atoms with Crippen molar-refractivity contribution >= 4 is 16.9 Å². The van der Waals surface area contributed by atoms with E-state index < -0.39 is 5.97 Å². The Bertz CT molecular complexity index is 527. The van der Waals surface area contributed by atoms with E-state index in [-0.39, 0.29) is 6.42 Å². The van der Waals surface area contributed by atoms with Crippen molar-refractivity contribution in [2.75, 3.05) is 7.11 Å². The van der Waals surface area contributed by atoms with Crippen LogP contribution >= 0.6 is 0 Å². The summed E-state index contributed by atoms with van der Waals surface area (Å²) in [6.45, 7) is 0. The molecule has 0 fully saturated rings. The molecule has 17 heavy (non-hydrogen) atoms. The number of methoxy groups -OCH3 is 1. The number of carboxylic acid groups (broad SMARTS) is 1. The summed E-state index contributed by atoms with van der Waals surface area (Å²) < 4.78 is 10.6. The van der Waals surface area contributed by atoms with Crippen LogP contribution in [0.2, 0.25) is 0 Å². The van der Waals surface area contributed by atoms with Crippen molar-refractivity contribution in [1.82, 2.24) is 0 Å². The highest BCUT2D eigenvalue weighted by molar-refractivity contribution is 5.83. The highest BCUT2D eigenvalue weighted by Crippen LogP contribution is 2.28. The van der Waals surface area contributed by atoms with Crippen LogP contribution < -0.4 is 4.74 Å². The number of hydrogen-bond donors (Lipinski definition) is 1. The topological polar surface area (TPSA) is 59.7 Å². The third-order valence-corrected chi connectivity index (χ3v) is 2.65. The third-order valence-electron chi connectivity index (χ3n) is 2.65. The fourth-order valence-corrected chi connectivity index (χ4v) is 1.85. The van der Waals surface area contributed by atoms with Crippen LogP contribution in [0, 0.1) is 0 Å². The van der Waals surface area contributed by atoms with Crippen molar-refractivity contribution in [3.05, 3.63) is 30.0 Å². The average Bonchev–Trinajstić information content (AvgIpc) is 2.75. The van der Waals surface area contributed by atoms with Gasteiger partial charge in [0, 0.05) is 11.8 Å². The van der Waals surface area contributed by atoms with Crippen LogP contribution in [0.15, 0.2) is 28.9 Å². The second kappa shape index (κ2) is 4.91. The number of aryl methyl sites for hydroxylation is 1. The molecular weight excluding hydrogens is 220 g/mol. The maximum Gasteiger partial charge on any atom is 0.303 e. The van der Waals surface area contributed by atoms with E-state index in [0.717, 1.165) is 23.0 Å². The lowest BCUT2D eigenvalue weighted by Gasteiger charge is -2.05. The van der Waals surface area contributed by atoms with Crippen LogP contribution in [0.1, 0.15) is 18.4 Å². The first kappa shape index (κ1) is 11.5. The van der Waals surface area contributed by atoms with E-state index in [1.54, 1.807) is 13.4 Å². The Labute approximate surface area is 98.8 Å². The zero-order valence-electron chi connectivity index (χ0n) is 9.60. The van der Waals surface area contributed by atoms with Gasteiger partial charge in [0.15, 0.2) is 11.3 Å². The molecule has 4 nitrogen and oxygen atoms in total. The van der Waals surface area contributed by atoms with Gasteiger partial charge >= 0.3 is 5.97 Å². The van der Waals surface area contributed by atoms with Gasteiger partial charge in [-0.25, -0.2) is 0 Å². The van der Waals surface area contributed by atoms with Crippen LogP contribution in [0.25, 0.3) is 11.0 Å². The lowest BCUT2D eigenvalue weighted by molar-refractivity contribution is -0.137. The van der Waals surface area contributed by atoms with Crippen LogP contribution in [0.4, 0.5) is 0 Å².